The number of hydrogen-bond acceptors (Lipinski definition) is 5. The van der Waals surface area contributed by atoms with Crippen molar-refractivity contribution < 1.29 is 14.3 Å². The SMILES string of the molecule is CCOC(=O)COc1cc(-c2cc(Cl)ccn2)n(C)n1. The van der Waals surface area contributed by atoms with Crippen LogP contribution in [-0.4, -0.2) is 33.9 Å². The van der Waals surface area contributed by atoms with Crippen molar-refractivity contribution >= 4 is 17.6 Å². The molecule has 6 nitrogen and oxygen atoms in total. The summed E-state index contributed by atoms with van der Waals surface area (Å²) >= 11 is 5.93. The molecule has 0 saturated carbocycles. The van der Waals surface area contributed by atoms with Crippen molar-refractivity contribution in [1.29, 1.82) is 0 Å². The molecule has 2 heterocycles. The Morgan fingerprint density at radius 2 is 2.25 bits per heavy atom. The first kappa shape index (κ1) is 14.3. The van der Waals surface area contributed by atoms with Gasteiger partial charge < -0.3 is 9.47 Å². The normalized spacial score (nSPS) is 10.3. The molecular formula is C13H14ClN3O3. The Morgan fingerprint density at radius 3 is 2.95 bits per heavy atom. The van der Waals surface area contributed by atoms with E-state index in [9.17, 15) is 4.79 Å². The maximum Gasteiger partial charge on any atom is 0.344 e. The summed E-state index contributed by atoms with van der Waals surface area (Å²) in [6.45, 7) is 1.89. The number of esters is 1. The topological polar surface area (TPSA) is 66.2 Å². The maximum atomic E-state index is 11.2. The van der Waals surface area contributed by atoms with E-state index in [2.05, 4.69) is 10.1 Å². The summed E-state index contributed by atoms with van der Waals surface area (Å²) in [4.78, 5) is 15.4. The quantitative estimate of drug-likeness (QED) is 0.790. The second kappa shape index (κ2) is 6.38. The molecule has 0 spiro atoms. The number of pyridine rings is 1. The van der Waals surface area contributed by atoms with E-state index < -0.39 is 5.97 Å². The number of aromatic nitrogens is 3. The zero-order valence-electron chi connectivity index (χ0n) is 11.2. The first-order valence-corrected chi connectivity index (χ1v) is 6.42. The predicted molar refractivity (Wildman–Crippen MR) is 73.6 cm³/mol. The standard InChI is InChI=1S/C13H14ClN3O3/c1-3-19-13(18)8-20-12-7-11(17(2)16-12)10-6-9(14)4-5-15-10/h4-7H,3,8H2,1-2H3. The second-order valence-corrected chi connectivity index (χ2v) is 4.38. The summed E-state index contributed by atoms with van der Waals surface area (Å²) in [5, 5.41) is 4.74. The van der Waals surface area contributed by atoms with Gasteiger partial charge in [0.25, 0.3) is 0 Å². The largest absolute Gasteiger partial charge is 0.465 e. The van der Waals surface area contributed by atoms with Crippen LogP contribution in [0.2, 0.25) is 5.02 Å². The van der Waals surface area contributed by atoms with E-state index in [1.165, 1.54) is 0 Å². The van der Waals surface area contributed by atoms with Gasteiger partial charge in [0, 0.05) is 24.3 Å². The van der Waals surface area contributed by atoms with E-state index in [-0.39, 0.29) is 6.61 Å². The van der Waals surface area contributed by atoms with Crippen LogP contribution in [0.1, 0.15) is 6.92 Å². The summed E-state index contributed by atoms with van der Waals surface area (Å²) in [7, 11) is 1.76. The monoisotopic (exact) mass is 295 g/mol. The Bertz CT molecular complexity index is 613. The van der Waals surface area contributed by atoms with E-state index in [0.717, 1.165) is 5.69 Å². The van der Waals surface area contributed by atoms with Crippen LogP contribution < -0.4 is 4.74 Å². The summed E-state index contributed by atoms with van der Waals surface area (Å²) < 4.78 is 11.6. The van der Waals surface area contributed by atoms with Crippen LogP contribution >= 0.6 is 11.6 Å². The summed E-state index contributed by atoms with van der Waals surface area (Å²) in [5.41, 5.74) is 1.42. The van der Waals surface area contributed by atoms with Gasteiger partial charge in [-0.1, -0.05) is 11.6 Å². The number of ether oxygens (including phenoxy) is 2. The molecule has 0 aliphatic heterocycles. The van der Waals surface area contributed by atoms with Crippen LogP contribution in [0, 0.1) is 0 Å². The predicted octanol–water partition coefficient (Wildman–Crippen LogP) is 2.08. The molecule has 0 aliphatic carbocycles. The van der Waals surface area contributed by atoms with E-state index in [1.807, 2.05) is 0 Å². The van der Waals surface area contributed by atoms with Crippen molar-refractivity contribution in [2.75, 3.05) is 13.2 Å². The van der Waals surface area contributed by atoms with Crippen molar-refractivity contribution in [2.45, 2.75) is 6.92 Å². The van der Waals surface area contributed by atoms with Gasteiger partial charge in [0.2, 0.25) is 5.88 Å². The van der Waals surface area contributed by atoms with Crippen molar-refractivity contribution in [3.63, 3.8) is 0 Å². The number of rotatable bonds is 5. The number of aryl methyl sites for hydroxylation is 1. The molecule has 0 aliphatic rings. The molecule has 7 heteroatoms. The van der Waals surface area contributed by atoms with Gasteiger partial charge in [0.05, 0.1) is 18.0 Å². The van der Waals surface area contributed by atoms with Crippen LogP contribution in [0.15, 0.2) is 24.4 Å². The van der Waals surface area contributed by atoms with Gasteiger partial charge in [0.15, 0.2) is 6.61 Å². The Morgan fingerprint density at radius 1 is 1.45 bits per heavy atom. The third-order valence-corrected chi connectivity index (χ3v) is 2.72. The summed E-state index contributed by atoms with van der Waals surface area (Å²) in [6, 6.07) is 5.12. The van der Waals surface area contributed by atoms with Crippen molar-refractivity contribution in [2.24, 2.45) is 7.05 Å². The molecule has 2 rings (SSSR count). The highest BCUT2D eigenvalue weighted by Crippen LogP contribution is 2.23. The minimum absolute atomic E-state index is 0.173. The first-order chi connectivity index (χ1) is 9.60. The van der Waals surface area contributed by atoms with Gasteiger partial charge in [-0.15, -0.1) is 5.10 Å². The van der Waals surface area contributed by atoms with Gasteiger partial charge in [-0.25, -0.2) is 4.79 Å². The molecule has 2 aromatic rings. The van der Waals surface area contributed by atoms with Crippen molar-refractivity contribution in [3.05, 3.63) is 29.4 Å². The highest BCUT2D eigenvalue weighted by molar-refractivity contribution is 6.30. The molecule has 0 fully saturated rings. The Kier molecular flexibility index (Phi) is 4.57. The van der Waals surface area contributed by atoms with Gasteiger partial charge in [0.1, 0.15) is 0 Å². The van der Waals surface area contributed by atoms with Crippen LogP contribution in [0.3, 0.4) is 0 Å². The lowest BCUT2D eigenvalue weighted by molar-refractivity contribution is -0.145. The lowest BCUT2D eigenvalue weighted by Crippen LogP contribution is -2.14. The zero-order valence-corrected chi connectivity index (χ0v) is 11.9. The summed E-state index contributed by atoms with van der Waals surface area (Å²) in [5.74, 6) is -0.0992. The average Bonchev–Trinajstić information content (AvgIpc) is 2.78. The summed E-state index contributed by atoms with van der Waals surface area (Å²) in [6.07, 6.45) is 1.61. The number of carbonyl (C=O) groups is 1. The Balaban J connectivity index is 2.12. The molecule has 0 N–H and O–H groups in total. The zero-order chi connectivity index (χ0) is 14.5. The Labute approximate surface area is 121 Å². The van der Waals surface area contributed by atoms with E-state index >= 15 is 0 Å². The van der Waals surface area contributed by atoms with E-state index in [0.29, 0.717) is 23.2 Å². The minimum atomic E-state index is -0.430. The fourth-order valence-corrected chi connectivity index (χ4v) is 1.79. The van der Waals surface area contributed by atoms with Gasteiger partial charge in [-0.3, -0.25) is 9.67 Å². The van der Waals surface area contributed by atoms with Gasteiger partial charge in [-0.05, 0) is 19.1 Å². The fourth-order valence-electron chi connectivity index (χ4n) is 1.63. The van der Waals surface area contributed by atoms with Gasteiger partial charge in [-0.2, -0.15) is 0 Å². The maximum absolute atomic E-state index is 11.2. The number of halogens is 1. The van der Waals surface area contributed by atoms with Crippen molar-refractivity contribution in [3.8, 4) is 17.3 Å². The number of hydrogen-bond donors (Lipinski definition) is 0. The van der Waals surface area contributed by atoms with Crippen LogP contribution in [-0.2, 0) is 16.6 Å². The Hall–Kier alpha value is -2.08. The molecule has 106 valence electrons. The molecule has 0 aromatic carbocycles. The molecule has 2 aromatic heterocycles. The van der Waals surface area contributed by atoms with Crippen LogP contribution in [0.25, 0.3) is 11.4 Å². The molecular weight excluding hydrogens is 282 g/mol. The molecule has 0 atom stereocenters. The average molecular weight is 296 g/mol. The number of carbonyl (C=O) groups excluding carboxylic acids is 1. The molecule has 0 bridgehead atoms. The second-order valence-electron chi connectivity index (χ2n) is 3.94. The van der Waals surface area contributed by atoms with Crippen LogP contribution in [0.5, 0.6) is 5.88 Å². The van der Waals surface area contributed by atoms with Crippen LogP contribution in [0.4, 0.5) is 0 Å². The third-order valence-electron chi connectivity index (χ3n) is 2.49. The van der Waals surface area contributed by atoms with Crippen molar-refractivity contribution in [1.82, 2.24) is 14.8 Å². The number of nitrogens with zero attached hydrogens (tertiary/aromatic N) is 3. The highest BCUT2D eigenvalue weighted by Gasteiger charge is 2.11. The first-order valence-electron chi connectivity index (χ1n) is 6.04. The lowest BCUT2D eigenvalue weighted by Gasteiger charge is -2.01. The van der Waals surface area contributed by atoms with E-state index in [1.54, 1.807) is 43.0 Å². The molecule has 0 amide bonds. The molecule has 0 radical (unpaired) electrons. The highest BCUT2D eigenvalue weighted by atomic mass is 35.5. The van der Waals surface area contributed by atoms with E-state index in [4.69, 9.17) is 21.1 Å². The van der Waals surface area contributed by atoms with Gasteiger partial charge >= 0.3 is 5.97 Å². The fraction of sp³-hybridized carbons (Fsp3) is 0.308. The smallest absolute Gasteiger partial charge is 0.344 e. The lowest BCUT2D eigenvalue weighted by atomic mass is 10.3. The molecule has 0 unspecified atom stereocenters. The molecule has 0 saturated heterocycles. The molecule has 20 heavy (non-hydrogen) atoms. The minimum Gasteiger partial charge on any atom is -0.465 e. The third kappa shape index (κ3) is 3.48.